The molecule has 0 spiro atoms. The van der Waals surface area contributed by atoms with Crippen molar-refractivity contribution in [2.24, 2.45) is 5.10 Å². The summed E-state index contributed by atoms with van der Waals surface area (Å²) in [5.74, 6) is -0.0323. The number of nitro benzene ring substituents is 1. The van der Waals surface area contributed by atoms with Crippen molar-refractivity contribution in [3.63, 3.8) is 0 Å². The molecule has 0 saturated carbocycles. The van der Waals surface area contributed by atoms with Crippen LogP contribution in [0.2, 0.25) is 0 Å². The predicted molar refractivity (Wildman–Crippen MR) is 71.6 cm³/mol. The van der Waals surface area contributed by atoms with E-state index in [1.807, 2.05) is 0 Å². The van der Waals surface area contributed by atoms with Crippen LogP contribution in [0.15, 0.2) is 46.1 Å². The van der Waals surface area contributed by atoms with E-state index in [0.717, 1.165) is 0 Å². The van der Waals surface area contributed by atoms with Crippen LogP contribution in [0.1, 0.15) is 21.7 Å². The summed E-state index contributed by atoms with van der Waals surface area (Å²) < 4.78 is 5.01. The van der Waals surface area contributed by atoms with Gasteiger partial charge in [-0.2, -0.15) is 5.10 Å². The maximum atomic E-state index is 11.9. The van der Waals surface area contributed by atoms with E-state index in [2.05, 4.69) is 10.5 Å². The zero-order valence-electron chi connectivity index (χ0n) is 10.6. The summed E-state index contributed by atoms with van der Waals surface area (Å²) >= 11 is 0. The van der Waals surface area contributed by atoms with Gasteiger partial charge in [0, 0.05) is 11.6 Å². The molecule has 0 radical (unpaired) electrons. The molecule has 1 heterocycles. The zero-order chi connectivity index (χ0) is 14.5. The molecule has 0 unspecified atom stereocenters. The van der Waals surface area contributed by atoms with Gasteiger partial charge in [0.15, 0.2) is 0 Å². The Hall–Kier alpha value is -2.96. The van der Waals surface area contributed by atoms with Crippen molar-refractivity contribution < 1.29 is 14.1 Å². The highest BCUT2D eigenvalue weighted by Gasteiger charge is 2.17. The third-order valence-corrected chi connectivity index (χ3v) is 2.65. The standard InChI is InChI=1S/C13H11N3O4/c1-9-11(5-2-6-12(9)16(18)19)13(17)15-14-8-10-4-3-7-20-10/h2-8H,1H3,(H,15,17)/b14-8-. The van der Waals surface area contributed by atoms with Crippen LogP contribution in [0, 0.1) is 17.0 Å². The number of hydrogen-bond acceptors (Lipinski definition) is 5. The first-order chi connectivity index (χ1) is 9.59. The lowest BCUT2D eigenvalue weighted by Crippen LogP contribution is -2.19. The Bertz CT molecular complexity index is 662. The minimum Gasteiger partial charge on any atom is -0.463 e. The van der Waals surface area contributed by atoms with E-state index in [1.165, 1.54) is 37.6 Å². The Balaban J connectivity index is 2.13. The number of nitrogens with one attached hydrogen (secondary N) is 1. The number of amides is 1. The number of nitrogens with zero attached hydrogens (tertiary/aromatic N) is 2. The van der Waals surface area contributed by atoms with Gasteiger partial charge in [-0.3, -0.25) is 14.9 Å². The van der Waals surface area contributed by atoms with Crippen LogP contribution in [0.4, 0.5) is 5.69 Å². The Morgan fingerprint density at radius 3 is 2.85 bits per heavy atom. The highest BCUT2D eigenvalue weighted by molar-refractivity contribution is 5.97. The molecule has 1 N–H and O–H groups in total. The average molecular weight is 273 g/mol. The van der Waals surface area contributed by atoms with Crippen molar-refractivity contribution in [2.45, 2.75) is 6.92 Å². The topological polar surface area (TPSA) is 97.7 Å². The molecule has 7 nitrogen and oxygen atoms in total. The lowest BCUT2D eigenvalue weighted by Gasteiger charge is -2.04. The van der Waals surface area contributed by atoms with Gasteiger partial charge < -0.3 is 4.42 Å². The van der Waals surface area contributed by atoms with E-state index in [1.54, 1.807) is 12.1 Å². The summed E-state index contributed by atoms with van der Waals surface area (Å²) in [5, 5.41) is 14.5. The third-order valence-electron chi connectivity index (χ3n) is 2.65. The Labute approximate surface area is 114 Å². The first-order valence-corrected chi connectivity index (χ1v) is 5.70. The van der Waals surface area contributed by atoms with Crippen molar-refractivity contribution in [2.75, 3.05) is 0 Å². The average Bonchev–Trinajstić information content (AvgIpc) is 2.91. The number of rotatable bonds is 4. The van der Waals surface area contributed by atoms with Crippen LogP contribution >= 0.6 is 0 Å². The van der Waals surface area contributed by atoms with Crippen molar-refractivity contribution in [3.05, 3.63) is 63.6 Å². The van der Waals surface area contributed by atoms with Crippen LogP contribution in [0.3, 0.4) is 0 Å². The number of furan rings is 1. The molecular weight excluding hydrogens is 262 g/mol. The van der Waals surface area contributed by atoms with Gasteiger partial charge in [-0.15, -0.1) is 0 Å². The fourth-order valence-electron chi connectivity index (χ4n) is 1.65. The van der Waals surface area contributed by atoms with Crippen LogP contribution in [-0.4, -0.2) is 17.0 Å². The highest BCUT2D eigenvalue weighted by Crippen LogP contribution is 2.20. The summed E-state index contributed by atoms with van der Waals surface area (Å²) in [5.41, 5.74) is 2.69. The number of hydrazone groups is 1. The largest absolute Gasteiger partial charge is 0.463 e. The molecule has 20 heavy (non-hydrogen) atoms. The van der Waals surface area contributed by atoms with Gasteiger partial charge in [-0.1, -0.05) is 6.07 Å². The van der Waals surface area contributed by atoms with E-state index in [-0.39, 0.29) is 11.3 Å². The molecule has 102 valence electrons. The molecule has 0 atom stereocenters. The molecule has 0 aliphatic carbocycles. The van der Waals surface area contributed by atoms with Gasteiger partial charge in [0.25, 0.3) is 11.6 Å². The fraction of sp³-hybridized carbons (Fsp3) is 0.0769. The Morgan fingerprint density at radius 1 is 1.40 bits per heavy atom. The van der Waals surface area contributed by atoms with Crippen LogP contribution in [0.25, 0.3) is 0 Å². The summed E-state index contributed by atoms with van der Waals surface area (Å²) in [6, 6.07) is 7.66. The molecule has 2 rings (SSSR count). The molecule has 0 bridgehead atoms. The third kappa shape index (κ3) is 2.89. The second-order valence-electron chi connectivity index (χ2n) is 3.92. The number of benzene rings is 1. The van der Waals surface area contributed by atoms with Crippen molar-refractivity contribution >= 4 is 17.8 Å². The number of carbonyl (C=O) groups is 1. The maximum Gasteiger partial charge on any atom is 0.273 e. The molecule has 7 heteroatoms. The normalized spacial score (nSPS) is 10.7. The first kappa shape index (κ1) is 13.5. The number of nitro groups is 1. The van der Waals surface area contributed by atoms with E-state index in [9.17, 15) is 14.9 Å². The van der Waals surface area contributed by atoms with Gasteiger partial charge in [0.05, 0.1) is 23.0 Å². The molecule has 1 amide bonds. The minimum absolute atomic E-state index is 0.104. The first-order valence-electron chi connectivity index (χ1n) is 5.70. The van der Waals surface area contributed by atoms with E-state index in [0.29, 0.717) is 11.3 Å². The fourth-order valence-corrected chi connectivity index (χ4v) is 1.65. The van der Waals surface area contributed by atoms with Crippen LogP contribution < -0.4 is 5.43 Å². The molecule has 1 aromatic carbocycles. The lowest BCUT2D eigenvalue weighted by atomic mass is 10.1. The number of hydrogen-bond donors (Lipinski definition) is 1. The van der Waals surface area contributed by atoms with E-state index in [4.69, 9.17) is 4.42 Å². The summed E-state index contributed by atoms with van der Waals surface area (Å²) in [6.45, 7) is 1.52. The summed E-state index contributed by atoms with van der Waals surface area (Å²) in [7, 11) is 0. The SMILES string of the molecule is Cc1c(C(=O)N/N=C\c2ccco2)cccc1[N+](=O)[O-]. The number of carbonyl (C=O) groups excluding carboxylic acids is 1. The summed E-state index contributed by atoms with van der Waals surface area (Å²) in [6.07, 6.45) is 2.82. The van der Waals surface area contributed by atoms with Crippen LogP contribution in [-0.2, 0) is 0 Å². The Morgan fingerprint density at radius 2 is 2.20 bits per heavy atom. The van der Waals surface area contributed by atoms with E-state index < -0.39 is 10.8 Å². The quantitative estimate of drug-likeness (QED) is 0.524. The van der Waals surface area contributed by atoms with Crippen molar-refractivity contribution in [1.82, 2.24) is 5.43 Å². The zero-order valence-corrected chi connectivity index (χ0v) is 10.6. The molecular formula is C13H11N3O4. The molecule has 1 aromatic heterocycles. The van der Waals surface area contributed by atoms with Gasteiger partial charge in [-0.25, -0.2) is 5.43 Å². The van der Waals surface area contributed by atoms with Gasteiger partial charge in [-0.05, 0) is 25.1 Å². The lowest BCUT2D eigenvalue weighted by molar-refractivity contribution is -0.385. The van der Waals surface area contributed by atoms with Crippen LogP contribution in [0.5, 0.6) is 0 Å². The summed E-state index contributed by atoms with van der Waals surface area (Å²) in [4.78, 5) is 22.2. The Kier molecular flexibility index (Phi) is 3.90. The minimum atomic E-state index is -0.530. The maximum absolute atomic E-state index is 11.9. The molecule has 0 aliphatic heterocycles. The van der Waals surface area contributed by atoms with E-state index >= 15 is 0 Å². The molecule has 0 fully saturated rings. The van der Waals surface area contributed by atoms with Gasteiger partial charge in [0.1, 0.15) is 5.76 Å². The molecule has 2 aromatic rings. The smallest absolute Gasteiger partial charge is 0.273 e. The molecule has 0 saturated heterocycles. The highest BCUT2D eigenvalue weighted by atomic mass is 16.6. The van der Waals surface area contributed by atoms with Crippen molar-refractivity contribution in [1.29, 1.82) is 0 Å². The van der Waals surface area contributed by atoms with Gasteiger partial charge in [0.2, 0.25) is 0 Å². The second-order valence-corrected chi connectivity index (χ2v) is 3.92. The monoisotopic (exact) mass is 273 g/mol. The van der Waals surface area contributed by atoms with Crippen molar-refractivity contribution in [3.8, 4) is 0 Å². The van der Waals surface area contributed by atoms with Gasteiger partial charge >= 0.3 is 0 Å². The molecule has 0 aliphatic rings. The second kappa shape index (κ2) is 5.79. The predicted octanol–water partition coefficient (Wildman–Crippen LogP) is 2.26.